The van der Waals surface area contributed by atoms with Gasteiger partial charge in [-0.15, -0.1) is 0 Å². The summed E-state index contributed by atoms with van der Waals surface area (Å²) in [7, 11) is 0. The van der Waals surface area contributed by atoms with Gasteiger partial charge in [0.25, 0.3) is 0 Å². The summed E-state index contributed by atoms with van der Waals surface area (Å²) < 4.78 is 0. The second-order valence-electron chi connectivity index (χ2n) is 6.07. The fraction of sp³-hybridized carbons (Fsp3) is 1.00. The summed E-state index contributed by atoms with van der Waals surface area (Å²) in [4.78, 5) is 2.76. The van der Waals surface area contributed by atoms with Crippen molar-refractivity contribution in [3.63, 3.8) is 0 Å². The van der Waals surface area contributed by atoms with Crippen molar-refractivity contribution in [2.75, 3.05) is 19.6 Å². The Bertz CT molecular complexity index is 205. The van der Waals surface area contributed by atoms with Gasteiger partial charge in [-0.3, -0.25) is 4.90 Å². The van der Waals surface area contributed by atoms with Crippen LogP contribution in [0.5, 0.6) is 0 Å². The molecule has 2 fully saturated rings. The third-order valence-corrected chi connectivity index (χ3v) is 4.79. The molecule has 100 valence electrons. The molecule has 2 atom stereocenters. The highest BCUT2D eigenvalue weighted by Crippen LogP contribution is 2.30. The van der Waals surface area contributed by atoms with Crippen LogP contribution < -0.4 is 5.32 Å². The van der Waals surface area contributed by atoms with Crippen LogP contribution in [0.2, 0.25) is 0 Å². The molecule has 1 saturated carbocycles. The monoisotopic (exact) mass is 238 g/mol. The van der Waals surface area contributed by atoms with Gasteiger partial charge < -0.3 is 5.32 Å². The van der Waals surface area contributed by atoms with Gasteiger partial charge in [0.2, 0.25) is 0 Å². The first-order chi connectivity index (χ1) is 8.31. The predicted molar refractivity (Wildman–Crippen MR) is 74.3 cm³/mol. The van der Waals surface area contributed by atoms with E-state index in [1.54, 1.807) is 0 Å². The Hall–Kier alpha value is -0.0800. The van der Waals surface area contributed by atoms with Crippen LogP contribution in [0.25, 0.3) is 0 Å². The Labute approximate surface area is 107 Å². The number of nitrogens with zero attached hydrogens (tertiary/aromatic N) is 1. The zero-order valence-corrected chi connectivity index (χ0v) is 11.8. The summed E-state index contributed by atoms with van der Waals surface area (Å²) in [5.74, 6) is 0.975. The van der Waals surface area contributed by atoms with Crippen LogP contribution in [0.1, 0.15) is 58.8 Å². The van der Waals surface area contributed by atoms with Crippen molar-refractivity contribution in [3.05, 3.63) is 0 Å². The molecule has 1 aliphatic heterocycles. The first-order valence-electron chi connectivity index (χ1n) is 7.78. The van der Waals surface area contributed by atoms with E-state index in [0.29, 0.717) is 0 Å². The molecular weight excluding hydrogens is 208 g/mol. The van der Waals surface area contributed by atoms with E-state index in [0.717, 1.165) is 18.0 Å². The number of hydrogen-bond acceptors (Lipinski definition) is 2. The van der Waals surface area contributed by atoms with E-state index in [9.17, 15) is 0 Å². The molecule has 2 heteroatoms. The molecular formula is C15H30N2. The first-order valence-corrected chi connectivity index (χ1v) is 7.78. The summed E-state index contributed by atoms with van der Waals surface area (Å²) in [6.45, 7) is 8.60. The Morgan fingerprint density at radius 2 is 1.94 bits per heavy atom. The van der Waals surface area contributed by atoms with E-state index in [4.69, 9.17) is 0 Å². The maximum Gasteiger partial charge on any atom is 0.0195 e. The number of hydrogen-bond donors (Lipinski definition) is 1. The molecule has 1 aliphatic carbocycles. The molecule has 2 rings (SSSR count). The lowest BCUT2D eigenvalue weighted by Gasteiger charge is -2.34. The second-order valence-corrected chi connectivity index (χ2v) is 6.07. The molecule has 0 spiro atoms. The summed E-state index contributed by atoms with van der Waals surface area (Å²) in [6, 6.07) is 1.57. The van der Waals surface area contributed by atoms with Gasteiger partial charge >= 0.3 is 0 Å². The van der Waals surface area contributed by atoms with Crippen LogP contribution in [0, 0.1) is 5.92 Å². The third kappa shape index (κ3) is 3.69. The maximum absolute atomic E-state index is 3.65. The number of nitrogens with one attached hydrogen (secondary N) is 1. The quantitative estimate of drug-likeness (QED) is 0.765. The average Bonchev–Trinajstić information content (AvgIpc) is 3.00. The highest BCUT2D eigenvalue weighted by Gasteiger charge is 2.28. The molecule has 0 amide bonds. The summed E-state index contributed by atoms with van der Waals surface area (Å²) >= 11 is 0. The van der Waals surface area contributed by atoms with Gasteiger partial charge in [-0.2, -0.15) is 0 Å². The molecule has 0 radical (unpaired) electrons. The molecule has 2 nitrogen and oxygen atoms in total. The van der Waals surface area contributed by atoms with Crippen molar-refractivity contribution in [1.29, 1.82) is 0 Å². The normalized spacial score (nSPS) is 28.1. The van der Waals surface area contributed by atoms with Crippen molar-refractivity contribution < 1.29 is 0 Å². The predicted octanol–water partition coefficient (Wildman–Crippen LogP) is 3.03. The standard InChI is InChI=1S/C15H30N2/c1-3-11-17(12-15-9-6-10-16-15)13(2)14-7-4-5-8-14/h13-16H,3-12H2,1-2H3. The Morgan fingerprint density at radius 1 is 1.18 bits per heavy atom. The van der Waals surface area contributed by atoms with Crippen molar-refractivity contribution >= 4 is 0 Å². The Kier molecular flexibility index (Phi) is 5.30. The molecule has 2 aliphatic rings. The highest BCUT2D eigenvalue weighted by molar-refractivity contribution is 4.84. The molecule has 1 heterocycles. The van der Waals surface area contributed by atoms with Crippen molar-refractivity contribution in [3.8, 4) is 0 Å². The van der Waals surface area contributed by atoms with Crippen molar-refractivity contribution in [1.82, 2.24) is 10.2 Å². The van der Waals surface area contributed by atoms with Crippen LogP contribution in [0.4, 0.5) is 0 Å². The van der Waals surface area contributed by atoms with Gasteiger partial charge in [0, 0.05) is 18.6 Å². The second kappa shape index (κ2) is 6.75. The first kappa shape index (κ1) is 13.4. The van der Waals surface area contributed by atoms with E-state index < -0.39 is 0 Å². The van der Waals surface area contributed by atoms with Gasteiger partial charge in [0.1, 0.15) is 0 Å². The van der Waals surface area contributed by atoms with E-state index >= 15 is 0 Å². The van der Waals surface area contributed by atoms with Crippen LogP contribution >= 0.6 is 0 Å². The molecule has 0 bridgehead atoms. The van der Waals surface area contributed by atoms with Crippen LogP contribution in [-0.4, -0.2) is 36.6 Å². The zero-order valence-electron chi connectivity index (χ0n) is 11.8. The lowest BCUT2D eigenvalue weighted by Crippen LogP contribution is -2.45. The molecule has 0 aromatic carbocycles. The van der Waals surface area contributed by atoms with Gasteiger partial charge in [-0.05, 0) is 58.0 Å². The Balaban J connectivity index is 1.85. The van der Waals surface area contributed by atoms with E-state index in [-0.39, 0.29) is 0 Å². The van der Waals surface area contributed by atoms with Gasteiger partial charge in [-0.25, -0.2) is 0 Å². The van der Waals surface area contributed by atoms with E-state index in [2.05, 4.69) is 24.1 Å². The maximum atomic E-state index is 3.65. The smallest absolute Gasteiger partial charge is 0.0195 e. The van der Waals surface area contributed by atoms with Crippen LogP contribution in [0.3, 0.4) is 0 Å². The molecule has 1 saturated heterocycles. The fourth-order valence-electron chi connectivity index (χ4n) is 3.68. The third-order valence-electron chi connectivity index (χ3n) is 4.79. The van der Waals surface area contributed by atoms with E-state index in [1.165, 1.54) is 64.6 Å². The summed E-state index contributed by atoms with van der Waals surface area (Å²) in [5.41, 5.74) is 0. The van der Waals surface area contributed by atoms with Gasteiger partial charge in [0.05, 0.1) is 0 Å². The largest absolute Gasteiger partial charge is 0.313 e. The minimum absolute atomic E-state index is 0.769. The Morgan fingerprint density at radius 3 is 2.53 bits per heavy atom. The molecule has 0 aromatic heterocycles. The molecule has 1 N–H and O–H groups in total. The molecule has 17 heavy (non-hydrogen) atoms. The topological polar surface area (TPSA) is 15.3 Å². The molecule has 0 aromatic rings. The SMILES string of the molecule is CCCN(CC1CCCN1)C(C)C1CCCC1. The zero-order chi connectivity index (χ0) is 12.1. The molecule has 2 unspecified atom stereocenters. The van der Waals surface area contributed by atoms with E-state index in [1.807, 2.05) is 0 Å². The lowest BCUT2D eigenvalue weighted by molar-refractivity contribution is 0.143. The number of rotatable bonds is 6. The van der Waals surface area contributed by atoms with Gasteiger partial charge in [0.15, 0.2) is 0 Å². The summed E-state index contributed by atoms with van der Waals surface area (Å²) in [5, 5.41) is 3.65. The van der Waals surface area contributed by atoms with Crippen molar-refractivity contribution in [2.45, 2.75) is 70.9 Å². The average molecular weight is 238 g/mol. The fourth-order valence-corrected chi connectivity index (χ4v) is 3.68. The van der Waals surface area contributed by atoms with Crippen LogP contribution in [0.15, 0.2) is 0 Å². The van der Waals surface area contributed by atoms with Crippen molar-refractivity contribution in [2.24, 2.45) is 5.92 Å². The lowest BCUT2D eigenvalue weighted by atomic mass is 9.97. The minimum Gasteiger partial charge on any atom is -0.313 e. The van der Waals surface area contributed by atoms with Gasteiger partial charge in [-0.1, -0.05) is 19.8 Å². The highest BCUT2D eigenvalue weighted by atomic mass is 15.2. The minimum atomic E-state index is 0.769. The van der Waals surface area contributed by atoms with Crippen LogP contribution in [-0.2, 0) is 0 Å². The summed E-state index contributed by atoms with van der Waals surface area (Å²) in [6.07, 6.45) is 9.94.